The Balaban J connectivity index is 3.24. The maximum atomic E-state index is 13.2. The van der Waals surface area contributed by atoms with Crippen LogP contribution in [-0.4, -0.2) is 43.4 Å². The molecule has 0 aliphatic heterocycles. The number of anilines is 1. The molecule has 0 spiro atoms. The number of carbonyl (C=O) groups excluding carboxylic acids is 1. The van der Waals surface area contributed by atoms with Gasteiger partial charge in [0.05, 0.1) is 11.5 Å². The van der Waals surface area contributed by atoms with Crippen LogP contribution >= 0.6 is 0 Å². The zero-order valence-corrected chi connectivity index (χ0v) is 16.8. The lowest BCUT2D eigenvalue weighted by molar-refractivity contribution is -0.148. The molecule has 8 heteroatoms. The highest BCUT2D eigenvalue weighted by molar-refractivity contribution is 7.89. The third kappa shape index (κ3) is 5.96. The molecule has 0 saturated heterocycles. The standard InChI is InChI=1S/C18H31N3O4S/c1-5-25-18(22)17(8-6-7-14(4)19)21(13(2)3)26(23,24)16-11-9-15(20)10-12-16/h9-14,17H,5-8,19-20H2,1-4H3/t14-,17-/m0/s1. The molecule has 0 amide bonds. The van der Waals surface area contributed by atoms with Crippen molar-refractivity contribution in [2.75, 3.05) is 12.3 Å². The van der Waals surface area contributed by atoms with Crippen molar-refractivity contribution in [3.63, 3.8) is 0 Å². The van der Waals surface area contributed by atoms with Crippen LogP contribution in [0.4, 0.5) is 5.69 Å². The highest BCUT2D eigenvalue weighted by atomic mass is 32.2. The molecule has 1 aromatic carbocycles. The number of rotatable bonds is 10. The third-order valence-electron chi connectivity index (χ3n) is 3.97. The Bertz CT molecular complexity index is 672. The summed E-state index contributed by atoms with van der Waals surface area (Å²) in [6.07, 6.45) is 1.68. The highest BCUT2D eigenvalue weighted by Crippen LogP contribution is 2.25. The molecule has 0 bridgehead atoms. The molecule has 0 heterocycles. The number of nitrogens with zero attached hydrogens (tertiary/aromatic N) is 1. The predicted octanol–water partition coefficient (Wildman–Crippen LogP) is 2.12. The molecule has 148 valence electrons. The third-order valence-corrected chi connectivity index (χ3v) is 6.07. The molecule has 0 aliphatic carbocycles. The molecule has 2 atom stereocenters. The minimum Gasteiger partial charge on any atom is -0.465 e. The number of ether oxygens (including phenoxy) is 1. The van der Waals surface area contributed by atoms with Crippen molar-refractivity contribution < 1.29 is 17.9 Å². The van der Waals surface area contributed by atoms with Crippen LogP contribution in [0.3, 0.4) is 0 Å². The summed E-state index contributed by atoms with van der Waals surface area (Å²) in [6.45, 7) is 7.26. The Labute approximate surface area is 156 Å². The van der Waals surface area contributed by atoms with E-state index in [0.29, 0.717) is 24.9 Å². The van der Waals surface area contributed by atoms with Gasteiger partial charge in [-0.3, -0.25) is 4.79 Å². The Morgan fingerprint density at radius 2 is 1.73 bits per heavy atom. The van der Waals surface area contributed by atoms with E-state index in [9.17, 15) is 13.2 Å². The van der Waals surface area contributed by atoms with E-state index in [1.54, 1.807) is 20.8 Å². The number of nitrogens with two attached hydrogens (primary N) is 2. The van der Waals surface area contributed by atoms with Crippen LogP contribution in [0.1, 0.15) is 47.0 Å². The second-order valence-electron chi connectivity index (χ2n) is 6.67. The predicted molar refractivity (Wildman–Crippen MR) is 103 cm³/mol. The van der Waals surface area contributed by atoms with Gasteiger partial charge in [0.25, 0.3) is 0 Å². The summed E-state index contributed by atoms with van der Waals surface area (Å²) in [6, 6.07) is 4.63. The first kappa shape index (κ1) is 22.4. The van der Waals surface area contributed by atoms with Crippen LogP contribution in [0.25, 0.3) is 0 Å². The number of hydrogen-bond acceptors (Lipinski definition) is 6. The molecule has 1 rings (SSSR count). The van der Waals surface area contributed by atoms with E-state index in [1.165, 1.54) is 28.6 Å². The monoisotopic (exact) mass is 385 g/mol. The Kier molecular flexibility index (Phi) is 8.52. The number of hydrogen-bond donors (Lipinski definition) is 2. The second-order valence-corrected chi connectivity index (χ2v) is 8.52. The molecule has 4 N–H and O–H groups in total. The number of benzene rings is 1. The fourth-order valence-electron chi connectivity index (χ4n) is 2.79. The number of carbonyl (C=O) groups is 1. The van der Waals surface area contributed by atoms with Crippen molar-refractivity contribution in [3.8, 4) is 0 Å². The molecule has 0 radical (unpaired) electrons. The molecular formula is C18H31N3O4S. The smallest absolute Gasteiger partial charge is 0.324 e. The van der Waals surface area contributed by atoms with Gasteiger partial charge in [0.1, 0.15) is 6.04 Å². The van der Waals surface area contributed by atoms with E-state index >= 15 is 0 Å². The van der Waals surface area contributed by atoms with Gasteiger partial charge in [-0.05, 0) is 71.2 Å². The van der Waals surface area contributed by atoms with Crippen LogP contribution in [-0.2, 0) is 19.6 Å². The zero-order valence-electron chi connectivity index (χ0n) is 16.0. The van der Waals surface area contributed by atoms with Crippen molar-refractivity contribution in [2.45, 2.75) is 70.0 Å². The van der Waals surface area contributed by atoms with E-state index in [1.807, 2.05) is 6.92 Å². The molecule has 0 fully saturated rings. The SMILES string of the molecule is CCOC(=O)[C@H](CCC[C@H](C)N)N(C(C)C)S(=O)(=O)c1ccc(N)cc1. The fourth-order valence-corrected chi connectivity index (χ4v) is 4.59. The molecule has 26 heavy (non-hydrogen) atoms. The average molecular weight is 386 g/mol. The first-order chi connectivity index (χ1) is 12.1. The van der Waals surface area contributed by atoms with Crippen molar-refractivity contribution in [1.82, 2.24) is 4.31 Å². The Morgan fingerprint density at radius 3 is 2.19 bits per heavy atom. The molecule has 0 unspecified atom stereocenters. The van der Waals surface area contributed by atoms with Gasteiger partial charge in [-0.2, -0.15) is 4.31 Å². The molecular weight excluding hydrogens is 354 g/mol. The lowest BCUT2D eigenvalue weighted by Crippen LogP contribution is -2.49. The molecule has 0 saturated carbocycles. The van der Waals surface area contributed by atoms with E-state index in [-0.39, 0.29) is 17.5 Å². The summed E-state index contributed by atoms with van der Waals surface area (Å²) in [4.78, 5) is 12.6. The van der Waals surface area contributed by atoms with Gasteiger partial charge in [0.2, 0.25) is 10.0 Å². The Hall–Kier alpha value is -1.64. The van der Waals surface area contributed by atoms with E-state index in [4.69, 9.17) is 16.2 Å². The van der Waals surface area contributed by atoms with Crippen molar-refractivity contribution in [3.05, 3.63) is 24.3 Å². The lowest BCUT2D eigenvalue weighted by atomic mass is 10.1. The fraction of sp³-hybridized carbons (Fsp3) is 0.611. The van der Waals surface area contributed by atoms with Gasteiger partial charge in [-0.15, -0.1) is 0 Å². The maximum Gasteiger partial charge on any atom is 0.324 e. The van der Waals surface area contributed by atoms with Gasteiger partial charge < -0.3 is 16.2 Å². The molecule has 0 aliphatic rings. The van der Waals surface area contributed by atoms with Crippen molar-refractivity contribution >= 4 is 21.7 Å². The van der Waals surface area contributed by atoms with Crippen LogP contribution < -0.4 is 11.5 Å². The van der Waals surface area contributed by atoms with E-state index in [0.717, 1.165) is 0 Å². The van der Waals surface area contributed by atoms with Crippen LogP contribution in [0.15, 0.2) is 29.2 Å². The summed E-state index contributed by atoms with van der Waals surface area (Å²) in [5.41, 5.74) is 11.9. The first-order valence-electron chi connectivity index (χ1n) is 8.92. The summed E-state index contributed by atoms with van der Waals surface area (Å²) < 4.78 is 32.8. The van der Waals surface area contributed by atoms with Crippen LogP contribution in [0.5, 0.6) is 0 Å². The minimum absolute atomic E-state index is 0.0148. The molecule has 1 aromatic rings. The lowest BCUT2D eigenvalue weighted by Gasteiger charge is -2.32. The van der Waals surface area contributed by atoms with Crippen LogP contribution in [0, 0.1) is 0 Å². The van der Waals surface area contributed by atoms with E-state index < -0.39 is 28.1 Å². The van der Waals surface area contributed by atoms with E-state index in [2.05, 4.69) is 0 Å². The topological polar surface area (TPSA) is 116 Å². The number of nitrogen functional groups attached to an aromatic ring is 1. The minimum atomic E-state index is -3.88. The zero-order chi connectivity index (χ0) is 19.9. The Morgan fingerprint density at radius 1 is 1.15 bits per heavy atom. The quantitative estimate of drug-likeness (QED) is 0.471. The largest absolute Gasteiger partial charge is 0.465 e. The van der Waals surface area contributed by atoms with Gasteiger partial charge in [-0.25, -0.2) is 8.42 Å². The van der Waals surface area contributed by atoms with Crippen LogP contribution in [0.2, 0.25) is 0 Å². The first-order valence-corrected chi connectivity index (χ1v) is 10.4. The molecule has 0 aromatic heterocycles. The number of sulfonamides is 1. The average Bonchev–Trinajstić information content (AvgIpc) is 2.53. The number of esters is 1. The van der Waals surface area contributed by atoms with Gasteiger partial charge >= 0.3 is 5.97 Å². The second kappa shape index (κ2) is 9.89. The van der Waals surface area contributed by atoms with Crippen molar-refractivity contribution in [1.29, 1.82) is 0 Å². The summed E-state index contributed by atoms with van der Waals surface area (Å²) in [5.74, 6) is -0.537. The summed E-state index contributed by atoms with van der Waals surface area (Å²) in [5, 5.41) is 0. The summed E-state index contributed by atoms with van der Waals surface area (Å²) in [7, 11) is -3.88. The van der Waals surface area contributed by atoms with Crippen molar-refractivity contribution in [2.24, 2.45) is 5.73 Å². The van der Waals surface area contributed by atoms with Gasteiger partial charge in [0, 0.05) is 17.8 Å². The normalized spacial score (nSPS) is 14.4. The van der Waals surface area contributed by atoms with Gasteiger partial charge in [-0.1, -0.05) is 0 Å². The molecule has 7 nitrogen and oxygen atoms in total. The van der Waals surface area contributed by atoms with Gasteiger partial charge in [0.15, 0.2) is 0 Å². The maximum absolute atomic E-state index is 13.2. The highest BCUT2D eigenvalue weighted by Gasteiger charge is 2.38. The summed E-state index contributed by atoms with van der Waals surface area (Å²) >= 11 is 0.